The molecule has 0 unspecified atom stereocenters. The molecule has 0 amide bonds. The van der Waals surface area contributed by atoms with Crippen molar-refractivity contribution in [2.24, 2.45) is 11.0 Å². The van der Waals surface area contributed by atoms with E-state index in [0.29, 0.717) is 5.92 Å². The van der Waals surface area contributed by atoms with Crippen LogP contribution in [-0.4, -0.2) is 19.9 Å². The highest BCUT2D eigenvalue weighted by atomic mass is 16.5. The van der Waals surface area contributed by atoms with E-state index in [0.717, 1.165) is 30.0 Å². The maximum atomic E-state index is 5.39. The molecule has 0 aromatic heterocycles. The normalized spacial score (nSPS) is 21.2. The van der Waals surface area contributed by atoms with Crippen molar-refractivity contribution in [3.05, 3.63) is 95.6 Å². The van der Waals surface area contributed by atoms with E-state index in [4.69, 9.17) is 14.6 Å². The van der Waals surface area contributed by atoms with E-state index in [9.17, 15) is 0 Å². The first-order chi connectivity index (χ1) is 15.8. The zero-order valence-corrected chi connectivity index (χ0v) is 18.6. The van der Waals surface area contributed by atoms with Gasteiger partial charge in [-0.3, -0.25) is 5.01 Å². The topological polar surface area (TPSA) is 34.1 Å². The lowest BCUT2D eigenvalue weighted by Gasteiger charge is -2.30. The third-order valence-electron chi connectivity index (χ3n) is 6.44. The monoisotopic (exact) mass is 424 g/mol. The molecule has 0 spiro atoms. The maximum absolute atomic E-state index is 5.39. The van der Waals surface area contributed by atoms with Gasteiger partial charge in [0.05, 0.1) is 31.7 Å². The predicted molar refractivity (Wildman–Crippen MR) is 130 cm³/mol. The van der Waals surface area contributed by atoms with Crippen LogP contribution in [0.2, 0.25) is 0 Å². The number of benzene rings is 3. The second kappa shape index (κ2) is 8.91. The molecule has 1 heterocycles. The molecule has 0 bridgehead atoms. The molecule has 0 saturated heterocycles. The number of hydrogen-bond acceptors (Lipinski definition) is 4. The van der Waals surface area contributed by atoms with Crippen molar-refractivity contribution in [3.8, 4) is 11.5 Å². The number of methoxy groups -OCH3 is 2. The molecular formula is C28H28N2O2. The quantitative estimate of drug-likeness (QED) is 0.468. The van der Waals surface area contributed by atoms with E-state index >= 15 is 0 Å². The smallest absolute Gasteiger partial charge is 0.118 e. The van der Waals surface area contributed by atoms with Gasteiger partial charge in [-0.15, -0.1) is 0 Å². The molecule has 5 rings (SSSR count). The first-order valence-electron chi connectivity index (χ1n) is 11.2. The van der Waals surface area contributed by atoms with Gasteiger partial charge in [0, 0.05) is 5.92 Å². The number of allylic oxidation sites excluding steroid dienone is 1. The Bertz CT molecular complexity index is 1120. The van der Waals surface area contributed by atoms with Gasteiger partial charge in [0.25, 0.3) is 0 Å². The highest BCUT2D eigenvalue weighted by Crippen LogP contribution is 2.46. The zero-order valence-electron chi connectivity index (χ0n) is 18.6. The first kappa shape index (κ1) is 20.4. The highest BCUT2D eigenvalue weighted by Gasteiger charge is 2.41. The summed E-state index contributed by atoms with van der Waals surface area (Å²) in [7, 11) is 3.41. The number of fused-ring (bicyclic) bond motifs is 1. The Labute approximate surface area is 189 Å². The second-order valence-electron chi connectivity index (χ2n) is 8.32. The minimum atomic E-state index is 0.179. The average Bonchev–Trinajstić information content (AvgIpc) is 3.26. The van der Waals surface area contributed by atoms with Crippen LogP contribution in [-0.2, 0) is 0 Å². The summed E-state index contributed by atoms with van der Waals surface area (Å²) < 4.78 is 10.7. The predicted octanol–water partition coefficient (Wildman–Crippen LogP) is 6.50. The zero-order chi connectivity index (χ0) is 21.9. The summed E-state index contributed by atoms with van der Waals surface area (Å²) in [6.45, 7) is 0. The van der Waals surface area contributed by atoms with Gasteiger partial charge in [0.2, 0.25) is 0 Å². The van der Waals surface area contributed by atoms with Gasteiger partial charge in [0.15, 0.2) is 0 Å². The van der Waals surface area contributed by atoms with Crippen molar-refractivity contribution >= 4 is 17.5 Å². The van der Waals surface area contributed by atoms with Crippen molar-refractivity contribution < 1.29 is 9.47 Å². The lowest BCUT2D eigenvalue weighted by Crippen LogP contribution is -2.28. The van der Waals surface area contributed by atoms with Gasteiger partial charge >= 0.3 is 0 Å². The fraction of sp³-hybridized carbons (Fsp3) is 0.250. The number of nitrogens with zero attached hydrogens (tertiary/aromatic N) is 2. The summed E-state index contributed by atoms with van der Waals surface area (Å²) in [6.07, 6.45) is 5.66. The second-order valence-corrected chi connectivity index (χ2v) is 8.32. The van der Waals surface area contributed by atoms with Crippen LogP contribution in [0.25, 0.3) is 6.08 Å². The van der Waals surface area contributed by atoms with Crippen LogP contribution >= 0.6 is 0 Å². The molecule has 3 aromatic rings. The van der Waals surface area contributed by atoms with Crippen LogP contribution in [0.5, 0.6) is 11.5 Å². The van der Waals surface area contributed by atoms with E-state index in [1.807, 2.05) is 24.3 Å². The van der Waals surface area contributed by atoms with Gasteiger partial charge in [-0.25, -0.2) is 0 Å². The largest absolute Gasteiger partial charge is 0.497 e. The van der Waals surface area contributed by atoms with Crippen LogP contribution in [0.15, 0.2) is 89.5 Å². The molecule has 1 fully saturated rings. The van der Waals surface area contributed by atoms with E-state index in [1.165, 1.54) is 28.8 Å². The van der Waals surface area contributed by atoms with E-state index in [1.54, 1.807) is 14.2 Å². The molecular weight excluding hydrogens is 396 g/mol. The Morgan fingerprint density at radius 2 is 1.50 bits per heavy atom. The highest BCUT2D eigenvalue weighted by molar-refractivity contribution is 6.08. The molecule has 1 aliphatic carbocycles. The molecule has 2 aliphatic rings. The number of para-hydroxylation sites is 1. The molecule has 0 N–H and O–H groups in total. The summed E-state index contributed by atoms with van der Waals surface area (Å²) in [4.78, 5) is 0. The number of hydrogen-bond donors (Lipinski definition) is 0. The molecule has 4 heteroatoms. The number of anilines is 1. The van der Waals surface area contributed by atoms with Gasteiger partial charge in [-0.1, -0.05) is 42.5 Å². The summed E-state index contributed by atoms with van der Waals surface area (Å²) >= 11 is 0. The Morgan fingerprint density at radius 1 is 0.844 bits per heavy atom. The van der Waals surface area contributed by atoms with Crippen molar-refractivity contribution in [3.63, 3.8) is 0 Å². The Hall–Kier alpha value is -3.53. The minimum Gasteiger partial charge on any atom is -0.497 e. The number of rotatable bonds is 5. The van der Waals surface area contributed by atoms with Crippen molar-refractivity contribution in [2.45, 2.75) is 25.3 Å². The molecule has 3 aromatic carbocycles. The molecule has 162 valence electrons. The van der Waals surface area contributed by atoms with E-state index < -0.39 is 0 Å². The van der Waals surface area contributed by atoms with Crippen molar-refractivity contribution in [1.82, 2.24) is 0 Å². The Kier molecular flexibility index (Phi) is 5.68. The maximum Gasteiger partial charge on any atom is 0.118 e. The van der Waals surface area contributed by atoms with Gasteiger partial charge < -0.3 is 9.47 Å². The van der Waals surface area contributed by atoms with Crippen LogP contribution in [0.4, 0.5) is 5.69 Å². The standard InChI is InChI=1S/C28H28N2O2/c1-31-24-15-11-20(12-16-24)19-22-7-6-10-26-27(22)29-30(23-8-4-3-5-9-23)28(26)21-13-17-25(32-2)18-14-21/h3-5,8-9,11-19,26,28H,6-7,10H2,1-2H3/b22-19+/t26-,28-/m0/s1. The van der Waals surface area contributed by atoms with Crippen LogP contribution in [0.1, 0.15) is 36.4 Å². The molecule has 1 saturated carbocycles. The summed E-state index contributed by atoms with van der Waals surface area (Å²) in [5.74, 6) is 2.12. The third kappa shape index (κ3) is 3.89. The number of ether oxygens (including phenoxy) is 2. The van der Waals surface area contributed by atoms with Crippen LogP contribution in [0.3, 0.4) is 0 Å². The fourth-order valence-electron chi connectivity index (χ4n) is 4.83. The molecule has 4 nitrogen and oxygen atoms in total. The first-order valence-corrected chi connectivity index (χ1v) is 11.2. The molecule has 0 radical (unpaired) electrons. The van der Waals surface area contributed by atoms with Crippen LogP contribution < -0.4 is 14.5 Å². The van der Waals surface area contributed by atoms with Crippen LogP contribution in [0, 0.1) is 5.92 Å². The van der Waals surface area contributed by atoms with Gasteiger partial charge in [-0.2, -0.15) is 5.10 Å². The SMILES string of the molecule is COc1ccc(/C=C2\CCC[C@H]3C2=NN(c2ccccc2)[C@H]3c2ccc(OC)cc2)cc1. The van der Waals surface area contributed by atoms with Crippen molar-refractivity contribution in [1.29, 1.82) is 0 Å². The van der Waals surface area contributed by atoms with E-state index in [-0.39, 0.29) is 6.04 Å². The summed E-state index contributed by atoms with van der Waals surface area (Å²) in [5.41, 5.74) is 6.13. The molecule has 32 heavy (non-hydrogen) atoms. The van der Waals surface area contributed by atoms with Gasteiger partial charge in [0.1, 0.15) is 11.5 Å². The Balaban J connectivity index is 1.54. The lowest BCUT2D eigenvalue weighted by molar-refractivity contribution is 0.414. The van der Waals surface area contributed by atoms with E-state index in [2.05, 4.69) is 65.7 Å². The molecule has 2 atom stereocenters. The minimum absolute atomic E-state index is 0.179. The number of hydrazone groups is 1. The van der Waals surface area contributed by atoms with Gasteiger partial charge in [-0.05, 0) is 78.4 Å². The fourth-order valence-corrected chi connectivity index (χ4v) is 4.83. The third-order valence-corrected chi connectivity index (χ3v) is 6.44. The summed E-state index contributed by atoms with van der Waals surface area (Å²) in [6, 6.07) is 27.4. The summed E-state index contributed by atoms with van der Waals surface area (Å²) in [5, 5.41) is 7.44. The average molecular weight is 425 g/mol. The molecule has 1 aliphatic heterocycles. The van der Waals surface area contributed by atoms with Crippen molar-refractivity contribution in [2.75, 3.05) is 19.2 Å². The lowest BCUT2D eigenvalue weighted by atomic mass is 9.77. The Morgan fingerprint density at radius 3 is 2.16 bits per heavy atom.